The van der Waals surface area contributed by atoms with Crippen LogP contribution in [-0.2, 0) is 47.6 Å². The molecule has 3 fully saturated rings. The van der Waals surface area contributed by atoms with Crippen molar-refractivity contribution in [2.24, 2.45) is 29.6 Å². The van der Waals surface area contributed by atoms with E-state index >= 15 is 0 Å². The number of methoxy groups -OCH3 is 5. The van der Waals surface area contributed by atoms with Gasteiger partial charge in [0.2, 0.25) is 5.79 Å². The number of amides is 1. The molecule has 1 amide bonds. The van der Waals surface area contributed by atoms with Gasteiger partial charge in [-0.15, -0.1) is 0 Å². The minimum atomic E-state index is -2.49. The van der Waals surface area contributed by atoms with E-state index < -0.39 is 59.8 Å². The number of rotatable bonds is 12. The van der Waals surface area contributed by atoms with Crippen molar-refractivity contribution in [3.05, 3.63) is 47.1 Å². The van der Waals surface area contributed by atoms with Crippen molar-refractivity contribution in [3.8, 4) is 11.5 Å². The minimum absolute atomic E-state index is 0.0126. The summed E-state index contributed by atoms with van der Waals surface area (Å²) in [6.07, 6.45) is 6.86. The molecule has 1 aliphatic carbocycles. The van der Waals surface area contributed by atoms with Gasteiger partial charge in [-0.05, 0) is 120 Å². The summed E-state index contributed by atoms with van der Waals surface area (Å²) in [4.78, 5) is 71.7. The number of ether oxygens (including phenoxy) is 8. The van der Waals surface area contributed by atoms with E-state index in [1.165, 1.54) is 19.1 Å². The summed E-state index contributed by atoms with van der Waals surface area (Å²) in [5, 5.41) is 12.1. The SMILES string of the molecule is CCC1/C=C(\C)CC(C)CC(OC)C2OC(O)(C(=O)C(=O)N3CCCCC3C(=O)OC(C(C)=CC3CCC(OCC(=O)c4cc(OC)cc(OC)c4)C(OC)C3)C(C)CCC1=O)C(C)CC2OC. The highest BCUT2D eigenvalue weighted by Crippen LogP contribution is 2.39. The molecule has 2 saturated heterocycles. The Hall–Kier alpha value is -3.99. The zero-order valence-electron chi connectivity index (χ0n) is 42.4. The van der Waals surface area contributed by atoms with E-state index in [2.05, 4.69) is 19.1 Å². The standard InChI is InChI=1S/C53H79NO14/c1-12-37-22-31(2)21-32(3)23-46(64-10)49-47(65-11)25-35(6)53(60,68-49)50(57)51(58)54-20-14-13-15-41(54)52(59)67-48(33(4)16-18-42(37)55)34(5)24-36-17-19-44(45(26-36)63-9)66-30-43(56)38-27-39(61-7)29-40(28-38)62-8/h22,24,27-29,32-33,35-37,41,44-49,60H,12-21,23,25-26,30H2,1-11H3/b31-22+,34-24?. The van der Waals surface area contributed by atoms with Crippen LogP contribution in [0, 0.1) is 29.6 Å². The van der Waals surface area contributed by atoms with Gasteiger partial charge in [0.25, 0.3) is 11.7 Å². The molecule has 0 spiro atoms. The molecule has 15 heteroatoms. The highest BCUT2D eigenvalue weighted by molar-refractivity contribution is 6.39. The maximum Gasteiger partial charge on any atom is 0.329 e. The average molecular weight is 954 g/mol. The fraction of sp³-hybridized carbons (Fsp3) is 0.717. The topological polar surface area (TPSA) is 183 Å². The summed E-state index contributed by atoms with van der Waals surface area (Å²) in [5.41, 5.74) is 2.27. The normalized spacial score (nSPS) is 35.0. The van der Waals surface area contributed by atoms with Crippen LogP contribution in [0.5, 0.6) is 11.5 Å². The largest absolute Gasteiger partial charge is 0.497 e. The highest BCUT2D eigenvalue weighted by atomic mass is 16.7. The van der Waals surface area contributed by atoms with Crippen LogP contribution in [0.3, 0.4) is 0 Å². The number of benzene rings is 1. The van der Waals surface area contributed by atoms with Gasteiger partial charge in [0, 0.05) is 57.8 Å². The number of allylic oxidation sites excluding steroid dienone is 3. The molecule has 1 N–H and O–H groups in total. The summed E-state index contributed by atoms with van der Waals surface area (Å²) < 4.78 is 47.4. The number of hydrogen-bond acceptors (Lipinski definition) is 14. The maximum absolute atomic E-state index is 14.5. The number of carbonyl (C=O) groups excluding carboxylic acids is 5. The predicted octanol–water partition coefficient (Wildman–Crippen LogP) is 7.43. The first-order chi connectivity index (χ1) is 32.4. The van der Waals surface area contributed by atoms with Crippen LogP contribution >= 0.6 is 0 Å². The number of cyclic esters (lactones) is 1. The summed E-state index contributed by atoms with van der Waals surface area (Å²) in [6, 6.07) is 3.92. The molecule has 0 aromatic heterocycles. The summed E-state index contributed by atoms with van der Waals surface area (Å²) >= 11 is 0. The summed E-state index contributed by atoms with van der Waals surface area (Å²) in [7, 11) is 7.77. The molecule has 5 rings (SSSR count). The molecule has 13 atom stereocenters. The Morgan fingerprint density at radius 1 is 0.853 bits per heavy atom. The number of hydrogen-bond donors (Lipinski definition) is 1. The van der Waals surface area contributed by atoms with Crippen molar-refractivity contribution < 1.29 is 67.0 Å². The predicted molar refractivity (Wildman–Crippen MR) is 254 cm³/mol. The number of piperidine rings is 1. The molecule has 4 aliphatic rings. The Kier molecular flexibility index (Phi) is 20.4. The Morgan fingerprint density at radius 3 is 2.15 bits per heavy atom. The Morgan fingerprint density at radius 2 is 1.51 bits per heavy atom. The first kappa shape index (κ1) is 54.9. The van der Waals surface area contributed by atoms with E-state index in [0.29, 0.717) is 74.8 Å². The molecule has 0 radical (unpaired) electrons. The van der Waals surface area contributed by atoms with E-state index in [-0.39, 0.29) is 79.9 Å². The van der Waals surface area contributed by atoms with Crippen LogP contribution in [0.2, 0.25) is 0 Å². The fourth-order valence-electron chi connectivity index (χ4n) is 10.8. The second-order valence-electron chi connectivity index (χ2n) is 19.8. The Labute approximate surface area is 403 Å². The van der Waals surface area contributed by atoms with Crippen molar-refractivity contribution in [2.45, 2.75) is 167 Å². The lowest BCUT2D eigenvalue weighted by Crippen LogP contribution is -2.64. The second-order valence-corrected chi connectivity index (χ2v) is 19.8. The molecule has 1 saturated carbocycles. The smallest absolute Gasteiger partial charge is 0.329 e. The highest BCUT2D eigenvalue weighted by Gasteiger charge is 2.56. The first-order valence-corrected chi connectivity index (χ1v) is 24.7. The third kappa shape index (κ3) is 13.4. The monoisotopic (exact) mass is 954 g/mol. The van der Waals surface area contributed by atoms with Crippen LogP contribution in [0.4, 0.5) is 0 Å². The van der Waals surface area contributed by atoms with Crippen LogP contribution in [0.25, 0.3) is 0 Å². The number of ketones is 3. The molecule has 380 valence electrons. The lowest BCUT2D eigenvalue weighted by Gasteiger charge is -2.47. The maximum atomic E-state index is 14.5. The van der Waals surface area contributed by atoms with Gasteiger partial charge < -0.3 is 47.9 Å². The van der Waals surface area contributed by atoms with Crippen LogP contribution in [-0.4, -0.2) is 136 Å². The van der Waals surface area contributed by atoms with Crippen molar-refractivity contribution >= 4 is 29.2 Å². The molecule has 13 unspecified atom stereocenters. The Balaban J connectivity index is 1.41. The van der Waals surface area contributed by atoms with Gasteiger partial charge in [0.05, 0.1) is 38.6 Å². The summed E-state index contributed by atoms with van der Waals surface area (Å²) in [5.74, 6) is -5.72. The van der Waals surface area contributed by atoms with Gasteiger partial charge >= 0.3 is 5.97 Å². The van der Waals surface area contributed by atoms with Crippen LogP contribution in [0.1, 0.15) is 129 Å². The lowest BCUT2D eigenvalue weighted by atomic mass is 9.82. The number of carbonyl (C=O) groups is 5. The average Bonchev–Trinajstić information content (AvgIpc) is 3.34. The third-order valence-corrected chi connectivity index (χ3v) is 14.8. The van der Waals surface area contributed by atoms with Gasteiger partial charge in [0.15, 0.2) is 5.78 Å². The number of fused-ring (bicyclic) bond motifs is 3. The van der Waals surface area contributed by atoms with Gasteiger partial charge in [-0.2, -0.15) is 0 Å². The van der Waals surface area contributed by atoms with E-state index in [1.54, 1.807) is 46.5 Å². The molecule has 3 aliphatic heterocycles. The molecular weight excluding hydrogens is 875 g/mol. The van der Waals surface area contributed by atoms with Gasteiger partial charge in [0.1, 0.15) is 42.1 Å². The molecule has 2 bridgehead atoms. The number of esters is 1. The van der Waals surface area contributed by atoms with Crippen LogP contribution in [0.15, 0.2) is 41.5 Å². The quantitative estimate of drug-likeness (QED) is 0.0945. The van der Waals surface area contributed by atoms with Gasteiger partial charge in [-0.1, -0.05) is 45.4 Å². The lowest BCUT2D eigenvalue weighted by molar-refractivity contribution is -0.302. The number of nitrogens with zero attached hydrogens (tertiary/aromatic N) is 1. The van der Waals surface area contributed by atoms with Crippen molar-refractivity contribution in [3.63, 3.8) is 0 Å². The van der Waals surface area contributed by atoms with Crippen molar-refractivity contribution in [1.82, 2.24) is 4.90 Å². The zero-order valence-corrected chi connectivity index (χ0v) is 42.4. The first-order valence-electron chi connectivity index (χ1n) is 24.7. The molecule has 1 aromatic rings. The second kappa shape index (κ2) is 25.2. The Bertz CT molecular complexity index is 1940. The molecule has 3 heterocycles. The van der Waals surface area contributed by atoms with E-state index in [9.17, 15) is 29.1 Å². The van der Waals surface area contributed by atoms with E-state index in [0.717, 1.165) is 11.1 Å². The summed E-state index contributed by atoms with van der Waals surface area (Å²) in [6.45, 7) is 11.6. The zero-order chi connectivity index (χ0) is 49.9. The third-order valence-electron chi connectivity index (χ3n) is 14.8. The molecular formula is C53H79NO14. The van der Waals surface area contributed by atoms with E-state index in [1.807, 2.05) is 27.7 Å². The van der Waals surface area contributed by atoms with Gasteiger partial charge in [-0.3, -0.25) is 19.2 Å². The van der Waals surface area contributed by atoms with Gasteiger partial charge in [-0.25, -0.2) is 4.79 Å². The van der Waals surface area contributed by atoms with E-state index in [4.69, 9.17) is 37.9 Å². The van der Waals surface area contributed by atoms with Crippen molar-refractivity contribution in [2.75, 3.05) is 48.7 Å². The fourth-order valence-corrected chi connectivity index (χ4v) is 10.8. The minimum Gasteiger partial charge on any atom is -0.497 e. The molecule has 1 aromatic carbocycles. The van der Waals surface area contributed by atoms with Crippen molar-refractivity contribution in [1.29, 1.82) is 0 Å². The molecule has 68 heavy (non-hydrogen) atoms. The number of Topliss-reactive ketones (excluding diaryl/α,β-unsaturated/α-hetero) is 3. The molecule has 15 nitrogen and oxygen atoms in total. The number of aliphatic hydroxyl groups is 1. The van der Waals surface area contributed by atoms with Crippen LogP contribution < -0.4 is 9.47 Å².